The molecule has 2 atom stereocenters. The Morgan fingerprint density at radius 3 is 2.49 bits per heavy atom. The molecule has 37 heavy (non-hydrogen) atoms. The number of anilines is 3. The summed E-state index contributed by atoms with van der Waals surface area (Å²) in [4.78, 5) is 30.3. The van der Waals surface area contributed by atoms with Gasteiger partial charge >= 0.3 is 0 Å². The van der Waals surface area contributed by atoms with Gasteiger partial charge in [0.15, 0.2) is 5.82 Å². The Kier molecular flexibility index (Phi) is 9.01. The average molecular weight is 860 g/mol. The van der Waals surface area contributed by atoms with Crippen LogP contribution in [0.1, 0.15) is 23.7 Å². The number of ether oxygens (including phenoxy) is 1. The van der Waals surface area contributed by atoms with E-state index in [4.69, 9.17) is 4.74 Å². The zero-order chi connectivity index (χ0) is 27.0. The molecule has 3 heterocycles. The highest BCUT2D eigenvalue weighted by atomic mass is 127. The monoisotopic (exact) mass is 860 g/mol. The number of benzene rings is 1. The Morgan fingerprint density at radius 2 is 1.89 bits per heavy atom. The number of halogens is 4. The maximum absolute atomic E-state index is 15.2. The largest absolute Gasteiger partial charge is 0.459 e. The third-order valence-corrected chi connectivity index (χ3v) is 6.87. The van der Waals surface area contributed by atoms with Crippen molar-refractivity contribution in [3.63, 3.8) is 0 Å². The molecule has 196 valence electrons. The van der Waals surface area contributed by atoms with Crippen molar-refractivity contribution in [2.24, 2.45) is 0 Å². The van der Waals surface area contributed by atoms with Crippen LogP contribution in [0.25, 0.3) is 11.1 Å². The second-order valence-corrected chi connectivity index (χ2v) is 21.3. The van der Waals surface area contributed by atoms with Gasteiger partial charge in [-0.15, -0.1) is 9.24 Å². The van der Waals surface area contributed by atoms with Crippen LogP contribution in [-0.2, 0) is 0 Å². The molecule has 1 N–H and O–H groups in total. The molecule has 1 fully saturated rings. The van der Waals surface area contributed by atoms with Crippen molar-refractivity contribution in [3.8, 4) is 16.9 Å². The normalized spacial score (nSPS) is 17.6. The molecule has 1 amide bonds. The number of carbonyl (C=O) groups excluding carboxylic acids is 1. The lowest BCUT2D eigenvalue weighted by atomic mass is 10.0. The van der Waals surface area contributed by atoms with E-state index in [-0.39, 0.29) is 10.7 Å². The molecule has 2 aromatic heterocycles. The molecule has 1 aromatic carbocycles. The number of aromatic nitrogens is 3. The number of rotatable bonds is 7. The Balaban J connectivity index is 1.79. The van der Waals surface area contributed by atoms with E-state index in [1.807, 2.05) is 14.1 Å². The van der Waals surface area contributed by atoms with E-state index in [9.17, 15) is 4.79 Å². The van der Waals surface area contributed by atoms with Crippen molar-refractivity contribution in [2.75, 3.05) is 42.3 Å². The van der Waals surface area contributed by atoms with E-state index < -0.39 is 11.3 Å². The van der Waals surface area contributed by atoms with Gasteiger partial charge in [0.05, 0.1) is 11.3 Å². The predicted molar refractivity (Wildman–Crippen MR) is 174 cm³/mol. The van der Waals surface area contributed by atoms with Crippen LogP contribution in [0.4, 0.5) is 21.8 Å². The molecule has 0 saturated carbocycles. The lowest BCUT2D eigenvalue weighted by Gasteiger charge is -2.25. The van der Waals surface area contributed by atoms with Gasteiger partial charge in [-0.3, -0.25) is 4.79 Å². The van der Waals surface area contributed by atoms with E-state index in [2.05, 4.69) is 109 Å². The SMILES string of the molecule is CN(C)c1ncc(C(=O)Nc2c(-c3cc(OC(I)(I)I)ccc3F)ccnc2N2CCC(C)(P)C2)cn1. The minimum absolute atomic E-state index is 0.0119. The molecule has 13 heteroatoms. The summed E-state index contributed by atoms with van der Waals surface area (Å²) >= 11 is 6.45. The van der Waals surface area contributed by atoms with Crippen molar-refractivity contribution in [1.82, 2.24) is 15.0 Å². The van der Waals surface area contributed by atoms with Gasteiger partial charge in [-0.25, -0.2) is 19.3 Å². The van der Waals surface area contributed by atoms with Gasteiger partial charge in [0.1, 0.15) is 11.6 Å². The second kappa shape index (κ2) is 11.5. The molecule has 1 aliphatic rings. The fraction of sp³-hybridized carbons (Fsp3) is 0.333. The molecule has 8 nitrogen and oxygen atoms in total. The zero-order valence-corrected chi connectivity index (χ0v) is 27.9. The Hall–Kier alpha value is -1.13. The highest BCUT2D eigenvalue weighted by Gasteiger charge is 2.33. The lowest BCUT2D eigenvalue weighted by molar-refractivity contribution is 0.102. The molecule has 2 unspecified atom stereocenters. The van der Waals surface area contributed by atoms with Gasteiger partial charge in [0.25, 0.3) is 5.53 Å². The van der Waals surface area contributed by atoms with Gasteiger partial charge in [-0.1, -0.05) is 6.92 Å². The Bertz CT molecular complexity index is 1300. The third kappa shape index (κ3) is 7.29. The minimum atomic E-state index is -0.541. The van der Waals surface area contributed by atoms with E-state index in [1.54, 1.807) is 29.3 Å². The van der Waals surface area contributed by atoms with Crippen molar-refractivity contribution in [2.45, 2.75) is 18.1 Å². The van der Waals surface area contributed by atoms with Gasteiger partial charge in [0, 0.05) is 62.1 Å². The van der Waals surface area contributed by atoms with Crippen LogP contribution in [0.3, 0.4) is 0 Å². The molecule has 1 aliphatic heterocycles. The summed E-state index contributed by atoms with van der Waals surface area (Å²) in [5.41, 5.74) is 1.51. The number of alkyl halides is 3. The van der Waals surface area contributed by atoms with E-state index in [1.165, 1.54) is 18.5 Å². The van der Waals surface area contributed by atoms with Crippen LogP contribution < -0.4 is 19.9 Å². The number of nitrogens with zero attached hydrogens (tertiary/aromatic N) is 5. The van der Waals surface area contributed by atoms with E-state index in [0.29, 0.717) is 34.3 Å². The highest BCUT2D eigenvalue weighted by molar-refractivity contribution is 14.3. The standard InChI is InChI=1S/C24H25FI3N6O2P/c1-23(37)7-9-34(13-23)20-19(32-21(35)14-11-30-22(31-12-14)33(2)3)16(6-8-29-20)17-10-15(4-5-18(17)25)36-24(26,27)28/h4-6,8,10-12H,7,9,13,37H2,1-3H3,(H,32,35). The summed E-state index contributed by atoms with van der Waals surface area (Å²) in [6, 6.07) is 6.31. The van der Waals surface area contributed by atoms with Gasteiger partial charge in [-0.2, -0.15) is 0 Å². The maximum Gasteiger partial charge on any atom is 0.258 e. The van der Waals surface area contributed by atoms with Crippen LogP contribution >= 0.6 is 77.0 Å². The summed E-state index contributed by atoms with van der Waals surface area (Å²) in [5, 5.41) is 3.00. The van der Waals surface area contributed by atoms with Crippen molar-refractivity contribution in [1.29, 1.82) is 0 Å². The fourth-order valence-corrected chi connectivity index (χ4v) is 5.08. The molecule has 1 saturated heterocycles. The fourth-order valence-electron chi connectivity index (χ4n) is 3.97. The van der Waals surface area contributed by atoms with Crippen LogP contribution in [0.2, 0.25) is 0 Å². The number of hydrogen-bond acceptors (Lipinski definition) is 7. The van der Waals surface area contributed by atoms with E-state index in [0.717, 1.165) is 19.5 Å². The first-order valence-corrected chi connectivity index (χ1v) is 15.0. The smallest absolute Gasteiger partial charge is 0.258 e. The molecule has 0 radical (unpaired) electrons. The molecule has 0 bridgehead atoms. The van der Waals surface area contributed by atoms with E-state index >= 15 is 4.39 Å². The first-order chi connectivity index (χ1) is 17.3. The molecule has 3 aromatic rings. The number of amides is 1. The number of nitrogens with one attached hydrogen (secondary N) is 1. The first kappa shape index (κ1) is 28.9. The third-order valence-electron chi connectivity index (χ3n) is 5.74. The van der Waals surface area contributed by atoms with Crippen molar-refractivity contribution < 1.29 is 13.9 Å². The summed E-state index contributed by atoms with van der Waals surface area (Å²) in [7, 11) is 6.54. The second-order valence-electron chi connectivity index (χ2n) is 9.19. The quantitative estimate of drug-likeness (QED) is 0.174. The van der Waals surface area contributed by atoms with Crippen LogP contribution in [0.15, 0.2) is 42.9 Å². The predicted octanol–water partition coefficient (Wildman–Crippen LogP) is 6.14. The average Bonchev–Trinajstić information content (AvgIpc) is 3.19. The summed E-state index contributed by atoms with van der Waals surface area (Å²) in [5.74, 6) is 0.743. The van der Waals surface area contributed by atoms with Crippen LogP contribution in [0, 0.1) is 5.82 Å². The number of hydrogen-bond donors (Lipinski definition) is 1. The highest BCUT2D eigenvalue weighted by Crippen LogP contribution is 2.43. The summed E-state index contributed by atoms with van der Waals surface area (Å²) in [6.07, 6.45) is 5.52. The number of pyridine rings is 1. The first-order valence-electron chi connectivity index (χ1n) is 11.2. The molecular formula is C24H25FI3N6O2P. The van der Waals surface area contributed by atoms with Crippen molar-refractivity contribution in [3.05, 3.63) is 54.2 Å². The van der Waals surface area contributed by atoms with Crippen LogP contribution in [-0.4, -0.2) is 52.8 Å². The van der Waals surface area contributed by atoms with Crippen molar-refractivity contribution >= 4 is 100 Å². The lowest BCUT2D eigenvalue weighted by Crippen LogP contribution is -2.27. The Morgan fingerprint density at radius 1 is 1.19 bits per heavy atom. The Labute approximate surface area is 258 Å². The van der Waals surface area contributed by atoms with Gasteiger partial charge < -0.3 is 19.9 Å². The molecular weight excluding hydrogens is 835 g/mol. The van der Waals surface area contributed by atoms with Crippen LogP contribution in [0.5, 0.6) is 5.75 Å². The minimum Gasteiger partial charge on any atom is -0.459 e. The maximum atomic E-state index is 15.2. The van der Waals surface area contributed by atoms with Gasteiger partial charge in [0.2, 0.25) is 5.95 Å². The zero-order valence-electron chi connectivity index (χ0n) is 20.3. The summed E-state index contributed by atoms with van der Waals surface area (Å²) < 4.78 is 20.7. The molecule has 0 spiro atoms. The molecule has 4 rings (SSSR count). The number of carbonyl (C=O) groups is 1. The summed E-state index contributed by atoms with van der Waals surface area (Å²) in [6.45, 7) is 3.64. The molecule has 0 aliphatic carbocycles. The van der Waals surface area contributed by atoms with Gasteiger partial charge in [-0.05, 0) is 98.5 Å². The topological polar surface area (TPSA) is 83.5 Å².